The van der Waals surface area contributed by atoms with E-state index in [9.17, 15) is 9.59 Å². The third-order valence-corrected chi connectivity index (χ3v) is 6.42. The number of carbonyl (C=O) groups excluding carboxylic acids is 1. The molecule has 0 aromatic heterocycles. The highest BCUT2D eigenvalue weighted by atomic mass is 16.6. The minimum absolute atomic E-state index is 0.232. The predicted molar refractivity (Wildman–Crippen MR) is 193 cm³/mol. The number of hydrogen-bond acceptors (Lipinski definition) is 16. The van der Waals surface area contributed by atoms with E-state index in [1.807, 2.05) is 30.3 Å². The number of carboxylic acids is 1. The van der Waals surface area contributed by atoms with Crippen LogP contribution in [0.2, 0.25) is 0 Å². The topological polar surface area (TPSA) is 196 Å². The smallest absolute Gasteiger partial charge is 0.407 e. The van der Waals surface area contributed by atoms with E-state index in [0.29, 0.717) is 165 Å². The number of nitrogens with one attached hydrogen (secondary N) is 1. The lowest BCUT2D eigenvalue weighted by atomic mass is 10.2. The second-order valence-electron chi connectivity index (χ2n) is 10.8. The van der Waals surface area contributed by atoms with Gasteiger partial charge in [-0.25, -0.2) is 9.59 Å². The van der Waals surface area contributed by atoms with Crippen LogP contribution in [0.3, 0.4) is 0 Å². The second-order valence-corrected chi connectivity index (χ2v) is 10.8. The third kappa shape index (κ3) is 39.1. The number of carbonyl (C=O) groups is 2. The maximum atomic E-state index is 11.6. The van der Waals surface area contributed by atoms with E-state index >= 15 is 0 Å². The van der Waals surface area contributed by atoms with Crippen molar-refractivity contribution in [3.8, 4) is 0 Å². The number of alkyl carbamates (subject to hydrolysis) is 1. The number of hydrogen-bond donors (Lipinski definition) is 2. The minimum Gasteiger partial charge on any atom is -0.480 e. The van der Waals surface area contributed by atoms with Gasteiger partial charge in [-0.3, -0.25) is 0 Å². The van der Waals surface area contributed by atoms with Crippen LogP contribution in [0, 0.1) is 0 Å². The maximum absolute atomic E-state index is 11.6. The van der Waals surface area contributed by atoms with Crippen LogP contribution in [0.15, 0.2) is 30.3 Å². The van der Waals surface area contributed by atoms with E-state index in [2.05, 4.69) is 5.32 Å². The Kier molecular flexibility index (Phi) is 38.1. The summed E-state index contributed by atoms with van der Waals surface area (Å²) < 4.78 is 75.2. The molecule has 18 heteroatoms. The molecule has 0 spiro atoms. The van der Waals surface area contributed by atoms with Crippen LogP contribution in [0.4, 0.5) is 4.79 Å². The first-order valence-corrected chi connectivity index (χ1v) is 18.4. The quantitative estimate of drug-likeness (QED) is 0.0897. The zero-order valence-electron chi connectivity index (χ0n) is 31.7. The summed E-state index contributed by atoms with van der Waals surface area (Å²) in [4.78, 5) is 21.9. The summed E-state index contributed by atoms with van der Waals surface area (Å²) in [5.41, 5.74) is 0.932. The molecule has 0 radical (unpaired) electrons. The molecule has 1 rings (SSSR count). The molecule has 0 heterocycles. The van der Waals surface area contributed by atoms with Gasteiger partial charge in [0.2, 0.25) is 0 Å². The van der Waals surface area contributed by atoms with Crippen molar-refractivity contribution in [2.75, 3.05) is 178 Å². The summed E-state index contributed by atoms with van der Waals surface area (Å²) in [5.74, 6) is -1.00. The fraction of sp³-hybridized carbons (Fsp3) is 0.778. The van der Waals surface area contributed by atoms with E-state index in [1.165, 1.54) is 0 Å². The summed E-state index contributed by atoms with van der Waals surface area (Å²) in [7, 11) is 0. The largest absolute Gasteiger partial charge is 0.480 e. The molecule has 1 aromatic carbocycles. The van der Waals surface area contributed by atoms with Gasteiger partial charge in [-0.2, -0.15) is 0 Å². The van der Waals surface area contributed by atoms with Gasteiger partial charge in [0.05, 0.1) is 165 Å². The molecule has 1 aromatic rings. The Hall–Kier alpha value is -2.56. The highest BCUT2D eigenvalue weighted by Gasteiger charge is 2.02. The Balaban J connectivity index is 1.62. The van der Waals surface area contributed by atoms with Crippen LogP contribution in [0.5, 0.6) is 0 Å². The Morgan fingerprint density at radius 1 is 0.407 bits per heavy atom. The molecule has 314 valence electrons. The van der Waals surface area contributed by atoms with Crippen LogP contribution in [0.25, 0.3) is 0 Å². The van der Waals surface area contributed by atoms with Crippen molar-refractivity contribution in [3.05, 3.63) is 35.9 Å². The van der Waals surface area contributed by atoms with Gasteiger partial charge in [-0.1, -0.05) is 30.3 Å². The first kappa shape index (κ1) is 49.5. The molecule has 0 aliphatic carbocycles. The van der Waals surface area contributed by atoms with Crippen LogP contribution in [-0.4, -0.2) is 195 Å². The first-order chi connectivity index (χ1) is 26.7. The molecule has 0 bridgehead atoms. The lowest BCUT2D eigenvalue weighted by molar-refractivity contribution is -0.142. The van der Waals surface area contributed by atoms with Crippen LogP contribution in [0.1, 0.15) is 5.56 Å². The van der Waals surface area contributed by atoms with E-state index < -0.39 is 12.1 Å². The monoisotopic (exact) mass is 781 g/mol. The highest BCUT2D eigenvalue weighted by molar-refractivity contribution is 5.68. The number of rotatable bonds is 43. The van der Waals surface area contributed by atoms with Crippen molar-refractivity contribution < 1.29 is 81.0 Å². The van der Waals surface area contributed by atoms with E-state index in [-0.39, 0.29) is 19.8 Å². The number of ether oxygens (including phenoxy) is 14. The Bertz CT molecular complexity index is 934. The van der Waals surface area contributed by atoms with E-state index in [1.54, 1.807) is 0 Å². The third-order valence-electron chi connectivity index (χ3n) is 6.42. The lowest BCUT2D eigenvalue weighted by Crippen LogP contribution is -2.28. The zero-order chi connectivity index (χ0) is 38.7. The molecule has 1 amide bonds. The maximum Gasteiger partial charge on any atom is 0.407 e. The van der Waals surface area contributed by atoms with Gasteiger partial charge >= 0.3 is 12.1 Å². The van der Waals surface area contributed by atoms with Gasteiger partial charge in [0, 0.05) is 6.54 Å². The molecule has 0 saturated heterocycles. The molecule has 0 fully saturated rings. The highest BCUT2D eigenvalue weighted by Crippen LogP contribution is 2.00. The van der Waals surface area contributed by atoms with Crippen molar-refractivity contribution in [1.29, 1.82) is 0 Å². The van der Waals surface area contributed by atoms with E-state index in [4.69, 9.17) is 71.4 Å². The molecule has 2 N–H and O–H groups in total. The number of aliphatic carboxylic acids is 1. The van der Waals surface area contributed by atoms with Crippen molar-refractivity contribution >= 4 is 12.1 Å². The minimum atomic E-state index is -1.00. The standard InChI is InChI=1S/C36H63NO17/c38-35(39)33-53-31-30-52-29-28-51-27-26-50-25-24-49-23-22-48-21-20-47-19-18-46-17-16-45-15-14-44-13-12-43-11-10-42-9-8-41-7-6-37-36(40)54-32-34-4-2-1-3-5-34/h1-5H,6-33H2,(H,37,40)(H,38,39). The molecule has 0 aliphatic heterocycles. The summed E-state index contributed by atoms with van der Waals surface area (Å²) in [6.45, 7) is 11.4. The number of carboxylic acid groups (broad SMARTS) is 1. The normalized spacial score (nSPS) is 11.3. The van der Waals surface area contributed by atoms with Gasteiger partial charge in [0.1, 0.15) is 13.2 Å². The van der Waals surface area contributed by atoms with Gasteiger partial charge in [0.15, 0.2) is 0 Å². The van der Waals surface area contributed by atoms with E-state index in [0.717, 1.165) is 5.56 Å². The van der Waals surface area contributed by atoms with Crippen molar-refractivity contribution in [3.63, 3.8) is 0 Å². The average molecular weight is 782 g/mol. The summed E-state index contributed by atoms with van der Waals surface area (Å²) in [5, 5.41) is 11.1. The molecule has 54 heavy (non-hydrogen) atoms. The molecule has 0 atom stereocenters. The van der Waals surface area contributed by atoms with Crippen LogP contribution < -0.4 is 5.32 Å². The Morgan fingerprint density at radius 2 is 0.685 bits per heavy atom. The number of amides is 1. The fourth-order valence-electron chi connectivity index (χ4n) is 3.80. The fourth-order valence-corrected chi connectivity index (χ4v) is 3.80. The molecule has 0 saturated carbocycles. The lowest BCUT2D eigenvalue weighted by Gasteiger charge is -2.09. The zero-order valence-corrected chi connectivity index (χ0v) is 31.7. The van der Waals surface area contributed by atoms with Gasteiger partial charge < -0.3 is 76.7 Å². The SMILES string of the molecule is O=C(O)COCCOCCOCCOCCOCCOCCOCCOCCOCCOCCOCCOCCOCCNC(=O)OCc1ccccc1. The van der Waals surface area contributed by atoms with Crippen molar-refractivity contribution in [2.45, 2.75) is 6.61 Å². The van der Waals surface area contributed by atoms with Gasteiger partial charge in [-0.05, 0) is 5.56 Å². The van der Waals surface area contributed by atoms with Crippen molar-refractivity contribution in [2.24, 2.45) is 0 Å². The van der Waals surface area contributed by atoms with Gasteiger partial charge in [0.25, 0.3) is 0 Å². The number of benzene rings is 1. The molecular weight excluding hydrogens is 718 g/mol. The predicted octanol–water partition coefficient (Wildman–Crippen LogP) is 1.21. The Labute approximate surface area is 319 Å². The molecule has 18 nitrogen and oxygen atoms in total. The van der Waals surface area contributed by atoms with Crippen LogP contribution in [-0.2, 0) is 77.7 Å². The summed E-state index contributed by atoms with van der Waals surface area (Å²) in [6, 6.07) is 9.49. The summed E-state index contributed by atoms with van der Waals surface area (Å²) >= 11 is 0. The molecular formula is C36H63NO17. The molecule has 0 aliphatic rings. The first-order valence-electron chi connectivity index (χ1n) is 18.4. The Morgan fingerprint density at radius 3 is 0.981 bits per heavy atom. The van der Waals surface area contributed by atoms with Gasteiger partial charge in [-0.15, -0.1) is 0 Å². The van der Waals surface area contributed by atoms with Crippen molar-refractivity contribution in [1.82, 2.24) is 5.32 Å². The second kappa shape index (κ2) is 41.6. The molecule has 0 unspecified atom stereocenters. The average Bonchev–Trinajstić information content (AvgIpc) is 3.18. The summed E-state index contributed by atoms with van der Waals surface area (Å²) in [6.07, 6.45) is -0.475. The van der Waals surface area contributed by atoms with Crippen LogP contribution >= 0.6 is 0 Å².